The van der Waals surface area contributed by atoms with E-state index in [-0.39, 0.29) is 30.5 Å². The number of carbonyl (C=O) groups is 3. The second-order valence-electron chi connectivity index (χ2n) is 9.14. The summed E-state index contributed by atoms with van der Waals surface area (Å²) in [6, 6.07) is 22.7. The minimum Gasteiger partial charge on any atom is -0.478 e. The predicted octanol–water partition coefficient (Wildman–Crippen LogP) is 4.32. The molecule has 3 aromatic carbocycles. The van der Waals surface area contributed by atoms with Crippen molar-refractivity contribution >= 4 is 18.0 Å². The summed E-state index contributed by atoms with van der Waals surface area (Å²) in [5, 5.41) is 14.6. The number of fused-ring (bicyclic) bond motifs is 3. The molecule has 0 atom stereocenters. The number of carboxylic acids is 1. The van der Waals surface area contributed by atoms with Gasteiger partial charge in [-0.3, -0.25) is 4.79 Å². The Kier molecular flexibility index (Phi) is 5.99. The van der Waals surface area contributed by atoms with Gasteiger partial charge in [-0.15, -0.1) is 0 Å². The topological polar surface area (TPSA) is 105 Å². The lowest BCUT2D eigenvalue weighted by Gasteiger charge is -2.18. The molecule has 2 aliphatic carbocycles. The van der Waals surface area contributed by atoms with E-state index in [4.69, 9.17) is 9.84 Å². The number of hydrogen-bond donors (Lipinski definition) is 3. The Balaban J connectivity index is 1.12. The molecule has 1 saturated carbocycles. The Bertz CT molecular complexity index is 1240. The first-order chi connectivity index (χ1) is 17.0. The number of carbonyl (C=O) groups excluding carboxylic acids is 2. The van der Waals surface area contributed by atoms with Crippen molar-refractivity contribution in [3.8, 4) is 11.1 Å². The summed E-state index contributed by atoms with van der Waals surface area (Å²) in [6.07, 6.45) is 0.858. The zero-order valence-electron chi connectivity index (χ0n) is 19.1. The van der Waals surface area contributed by atoms with Gasteiger partial charge in [0.1, 0.15) is 6.61 Å². The van der Waals surface area contributed by atoms with Gasteiger partial charge in [-0.2, -0.15) is 0 Å². The first kappa shape index (κ1) is 22.7. The maximum Gasteiger partial charge on any atom is 0.407 e. The molecule has 0 aliphatic heterocycles. The summed E-state index contributed by atoms with van der Waals surface area (Å²) in [7, 11) is 0. The van der Waals surface area contributed by atoms with E-state index in [0.29, 0.717) is 19.4 Å². The van der Waals surface area contributed by atoms with Crippen LogP contribution in [0.3, 0.4) is 0 Å². The quantitative estimate of drug-likeness (QED) is 0.455. The van der Waals surface area contributed by atoms with Crippen molar-refractivity contribution in [3.05, 3.63) is 95.1 Å². The van der Waals surface area contributed by atoms with E-state index in [1.807, 2.05) is 24.3 Å². The molecule has 178 valence electrons. The lowest BCUT2D eigenvalue weighted by molar-refractivity contribution is -0.126. The minimum atomic E-state index is -0.989. The SMILES string of the molecule is O=C(NCC1(C(=O)NCc2ccc(C(=O)O)cc2)CC1)OCC1c2ccccc2-c2ccccc21. The van der Waals surface area contributed by atoms with Crippen LogP contribution in [-0.2, 0) is 16.1 Å². The monoisotopic (exact) mass is 470 g/mol. The zero-order valence-corrected chi connectivity index (χ0v) is 19.1. The number of alkyl carbamates (subject to hydrolysis) is 1. The third-order valence-electron chi connectivity index (χ3n) is 6.90. The fourth-order valence-electron chi connectivity index (χ4n) is 4.66. The Hall–Kier alpha value is -4.13. The normalized spacial score (nSPS) is 15.0. The fraction of sp³-hybridized carbons (Fsp3) is 0.250. The molecule has 1 fully saturated rings. The van der Waals surface area contributed by atoms with Crippen molar-refractivity contribution in [2.24, 2.45) is 5.41 Å². The molecule has 2 amide bonds. The third kappa shape index (κ3) is 4.62. The maximum atomic E-state index is 12.7. The smallest absolute Gasteiger partial charge is 0.407 e. The van der Waals surface area contributed by atoms with E-state index in [2.05, 4.69) is 34.9 Å². The van der Waals surface area contributed by atoms with Crippen molar-refractivity contribution in [3.63, 3.8) is 0 Å². The highest BCUT2D eigenvalue weighted by atomic mass is 16.5. The molecule has 7 heteroatoms. The average molecular weight is 471 g/mol. The van der Waals surface area contributed by atoms with E-state index in [1.54, 1.807) is 12.1 Å². The number of aromatic carboxylic acids is 1. The molecule has 0 radical (unpaired) electrons. The van der Waals surface area contributed by atoms with Gasteiger partial charge in [-0.1, -0.05) is 60.7 Å². The molecule has 2 aliphatic rings. The first-order valence-electron chi connectivity index (χ1n) is 11.7. The van der Waals surface area contributed by atoms with Crippen LogP contribution in [-0.4, -0.2) is 36.2 Å². The second kappa shape index (κ2) is 9.25. The third-order valence-corrected chi connectivity index (χ3v) is 6.90. The van der Waals surface area contributed by atoms with Crippen LogP contribution in [0.5, 0.6) is 0 Å². The molecular weight excluding hydrogens is 444 g/mol. The van der Waals surface area contributed by atoms with Gasteiger partial charge >= 0.3 is 12.1 Å². The Morgan fingerprint density at radius 3 is 2.03 bits per heavy atom. The summed E-state index contributed by atoms with van der Waals surface area (Å²) in [4.78, 5) is 36.2. The molecule has 0 spiro atoms. The van der Waals surface area contributed by atoms with Gasteiger partial charge in [-0.25, -0.2) is 9.59 Å². The molecule has 0 aromatic heterocycles. The number of ether oxygens (including phenoxy) is 1. The zero-order chi connectivity index (χ0) is 24.4. The largest absolute Gasteiger partial charge is 0.478 e. The van der Waals surface area contributed by atoms with Crippen LogP contribution >= 0.6 is 0 Å². The highest BCUT2D eigenvalue weighted by Gasteiger charge is 2.49. The Labute approximate surface area is 203 Å². The molecule has 3 N–H and O–H groups in total. The number of nitrogens with one attached hydrogen (secondary N) is 2. The fourth-order valence-corrected chi connectivity index (χ4v) is 4.66. The van der Waals surface area contributed by atoms with E-state index in [0.717, 1.165) is 16.7 Å². The molecule has 0 bridgehead atoms. The number of hydrogen-bond acceptors (Lipinski definition) is 4. The first-order valence-corrected chi connectivity index (χ1v) is 11.7. The van der Waals surface area contributed by atoms with Crippen LogP contribution in [0.1, 0.15) is 45.8 Å². The van der Waals surface area contributed by atoms with E-state index in [1.165, 1.54) is 23.3 Å². The van der Waals surface area contributed by atoms with Gasteiger partial charge in [0.15, 0.2) is 0 Å². The van der Waals surface area contributed by atoms with Gasteiger partial charge in [0.2, 0.25) is 5.91 Å². The standard InChI is InChI=1S/C28H26N2O5/c31-25(32)19-11-9-18(10-12-19)15-29-26(33)28(13-14-28)17-30-27(34)35-16-24-22-7-3-1-5-20(22)21-6-2-4-8-23(21)24/h1-12,24H,13-17H2,(H,29,33)(H,30,34)(H,31,32). The molecular formula is C28H26N2O5. The number of carboxylic acid groups (broad SMARTS) is 1. The summed E-state index contributed by atoms with van der Waals surface area (Å²) in [6.45, 7) is 0.740. The molecule has 0 heterocycles. The number of benzene rings is 3. The lowest BCUT2D eigenvalue weighted by atomic mass is 9.98. The summed E-state index contributed by atoms with van der Waals surface area (Å²) >= 11 is 0. The number of rotatable bonds is 8. The van der Waals surface area contributed by atoms with Crippen molar-refractivity contribution in [1.29, 1.82) is 0 Å². The average Bonchev–Trinajstić information content (AvgIpc) is 3.61. The van der Waals surface area contributed by atoms with Crippen LogP contribution < -0.4 is 10.6 Å². The molecule has 35 heavy (non-hydrogen) atoms. The molecule has 0 saturated heterocycles. The van der Waals surface area contributed by atoms with Crippen molar-refractivity contribution < 1.29 is 24.2 Å². The minimum absolute atomic E-state index is 0.0150. The van der Waals surface area contributed by atoms with Gasteiger partial charge in [0.05, 0.1) is 11.0 Å². The van der Waals surface area contributed by atoms with Crippen LogP contribution in [0, 0.1) is 5.41 Å². The van der Waals surface area contributed by atoms with Crippen molar-refractivity contribution in [1.82, 2.24) is 10.6 Å². The molecule has 0 unspecified atom stereocenters. The maximum absolute atomic E-state index is 12.7. The van der Waals surface area contributed by atoms with Crippen molar-refractivity contribution in [2.45, 2.75) is 25.3 Å². The summed E-state index contributed by atoms with van der Waals surface area (Å²) in [5.41, 5.74) is 5.03. The van der Waals surface area contributed by atoms with Gasteiger partial charge in [-0.05, 0) is 52.8 Å². The van der Waals surface area contributed by atoms with Crippen LogP contribution in [0.15, 0.2) is 72.8 Å². The van der Waals surface area contributed by atoms with Gasteiger partial charge in [0.25, 0.3) is 0 Å². The Morgan fingerprint density at radius 1 is 0.857 bits per heavy atom. The predicted molar refractivity (Wildman–Crippen MR) is 130 cm³/mol. The van der Waals surface area contributed by atoms with E-state index < -0.39 is 17.5 Å². The van der Waals surface area contributed by atoms with Crippen LogP contribution in [0.4, 0.5) is 4.79 Å². The van der Waals surface area contributed by atoms with Gasteiger partial charge in [0, 0.05) is 19.0 Å². The highest BCUT2D eigenvalue weighted by Crippen LogP contribution is 2.46. The molecule has 5 rings (SSSR count). The van der Waals surface area contributed by atoms with E-state index in [9.17, 15) is 14.4 Å². The van der Waals surface area contributed by atoms with Crippen molar-refractivity contribution in [2.75, 3.05) is 13.2 Å². The Morgan fingerprint density at radius 2 is 1.46 bits per heavy atom. The van der Waals surface area contributed by atoms with Crippen LogP contribution in [0.25, 0.3) is 11.1 Å². The summed E-state index contributed by atoms with van der Waals surface area (Å²) < 4.78 is 5.57. The summed E-state index contributed by atoms with van der Waals surface area (Å²) in [5.74, 6) is -1.13. The second-order valence-corrected chi connectivity index (χ2v) is 9.14. The van der Waals surface area contributed by atoms with Crippen LogP contribution in [0.2, 0.25) is 0 Å². The molecule has 7 nitrogen and oxygen atoms in total. The highest BCUT2D eigenvalue weighted by molar-refractivity contribution is 5.88. The lowest BCUT2D eigenvalue weighted by Crippen LogP contribution is -2.40. The van der Waals surface area contributed by atoms with Gasteiger partial charge < -0.3 is 20.5 Å². The number of amides is 2. The van der Waals surface area contributed by atoms with E-state index >= 15 is 0 Å². The molecule has 3 aromatic rings.